The maximum atomic E-state index is 11.2. The molecular weight excluding hydrogens is 156 g/mol. The molecule has 0 radical (unpaired) electrons. The summed E-state index contributed by atoms with van der Waals surface area (Å²) in [5, 5.41) is 9.74. The van der Waals surface area contributed by atoms with Gasteiger partial charge in [0.2, 0.25) is 0 Å². The molecule has 1 saturated carbocycles. The Morgan fingerprint density at radius 3 is 2.75 bits per heavy atom. The summed E-state index contributed by atoms with van der Waals surface area (Å²) in [6.45, 7) is 1.40. The van der Waals surface area contributed by atoms with Gasteiger partial charge in [0.15, 0.2) is 5.78 Å². The van der Waals surface area contributed by atoms with Crippen LogP contribution in [0.25, 0.3) is 0 Å². The number of hydrogen-bond donors (Lipinski definition) is 1. The molecule has 0 amide bonds. The summed E-state index contributed by atoms with van der Waals surface area (Å²) in [5.74, 6) is -0.281. The van der Waals surface area contributed by atoms with E-state index in [0.29, 0.717) is 12.8 Å². The maximum absolute atomic E-state index is 11.2. The van der Waals surface area contributed by atoms with Crippen molar-refractivity contribution in [3.63, 3.8) is 0 Å². The van der Waals surface area contributed by atoms with Gasteiger partial charge in [0.05, 0.1) is 0 Å². The zero-order valence-corrected chi connectivity index (χ0v) is 7.30. The summed E-state index contributed by atoms with van der Waals surface area (Å²) in [5.41, 5.74) is -1.33. The number of carbonyl (C=O) groups is 2. The van der Waals surface area contributed by atoms with Gasteiger partial charge in [0.25, 0.3) is 0 Å². The van der Waals surface area contributed by atoms with E-state index < -0.39 is 5.60 Å². The molecule has 0 aliphatic heterocycles. The van der Waals surface area contributed by atoms with Gasteiger partial charge in [-0.25, -0.2) is 0 Å². The molecule has 0 aromatic carbocycles. The van der Waals surface area contributed by atoms with E-state index in [1.165, 1.54) is 6.92 Å². The van der Waals surface area contributed by atoms with Gasteiger partial charge in [-0.05, 0) is 26.2 Å². The average Bonchev–Trinajstić information content (AvgIpc) is 1.94. The molecule has 68 valence electrons. The molecular formula is C9H14O3. The standard InChI is InChI=1S/C9H14O3/c1-7(10)6-9(12)5-3-2-4-8(9)11/h12H,2-6H2,1H3. The summed E-state index contributed by atoms with van der Waals surface area (Å²) in [6.07, 6.45) is 2.55. The zero-order valence-electron chi connectivity index (χ0n) is 7.30. The largest absolute Gasteiger partial charge is 0.382 e. The second-order valence-electron chi connectivity index (χ2n) is 3.54. The molecule has 1 N–H and O–H groups in total. The van der Waals surface area contributed by atoms with Crippen molar-refractivity contribution < 1.29 is 14.7 Å². The van der Waals surface area contributed by atoms with Crippen LogP contribution >= 0.6 is 0 Å². The first kappa shape index (κ1) is 9.39. The van der Waals surface area contributed by atoms with Gasteiger partial charge >= 0.3 is 0 Å². The number of hydrogen-bond acceptors (Lipinski definition) is 3. The quantitative estimate of drug-likeness (QED) is 0.668. The lowest BCUT2D eigenvalue weighted by Crippen LogP contribution is -2.42. The van der Waals surface area contributed by atoms with E-state index in [1.54, 1.807) is 0 Å². The van der Waals surface area contributed by atoms with Gasteiger partial charge in [0.1, 0.15) is 11.4 Å². The van der Waals surface area contributed by atoms with E-state index in [9.17, 15) is 14.7 Å². The zero-order chi connectivity index (χ0) is 9.19. The smallest absolute Gasteiger partial charge is 0.164 e. The first-order valence-electron chi connectivity index (χ1n) is 4.30. The monoisotopic (exact) mass is 170 g/mol. The Morgan fingerprint density at radius 1 is 1.58 bits per heavy atom. The van der Waals surface area contributed by atoms with Crippen molar-refractivity contribution in [1.29, 1.82) is 0 Å². The fraction of sp³-hybridized carbons (Fsp3) is 0.778. The second-order valence-corrected chi connectivity index (χ2v) is 3.54. The molecule has 1 fully saturated rings. The Hall–Kier alpha value is -0.700. The van der Waals surface area contributed by atoms with Crippen LogP contribution < -0.4 is 0 Å². The number of ketones is 2. The van der Waals surface area contributed by atoms with Crippen LogP contribution in [0.3, 0.4) is 0 Å². The highest BCUT2D eigenvalue weighted by molar-refractivity contribution is 5.92. The maximum Gasteiger partial charge on any atom is 0.164 e. The minimum absolute atomic E-state index is 0.00810. The van der Waals surface area contributed by atoms with Gasteiger partial charge in [0, 0.05) is 12.8 Å². The molecule has 1 aliphatic rings. The third-order valence-electron chi connectivity index (χ3n) is 2.30. The normalized spacial score (nSPS) is 30.3. The van der Waals surface area contributed by atoms with Gasteiger partial charge in [-0.1, -0.05) is 0 Å². The van der Waals surface area contributed by atoms with Crippen LogP contribution in [-0.4, -0.2) is 22.3 Å². The number of rotatable bonds is 2. The molecule has 3 heteroatoms. The van der Waals surface area contributed by atoms with Crippen molar-refractivity contribution in [2.75, 3.05) is 0 Å². The van der Waals surface area contributed by atoms with Crippen molar-refractivity contribution >= 4 is 11.6 Å². The summed E-state index contributed by atoms with van der Waals surface area (Å²) in [6, 6.07) is 0. The Bertz CT molecular complexity index is 210. The van der Waals surface area contributed by atoms with Gasteiger partial charge in [-0.3, -0.25) is 9.59 Å². The van der Waals surface area contributed by atoms with E-state index in [4.69, 9.17) is 0 Å². The molecule has 1 atom stereocenters. The van der Waals surface area contributed by atoms with Crippen molar-refractivity contribution in [2.45, 2.75) is 44.6 Å². The Balaban J connectivity index is 2.66. The van der Waals surface area contributed by atoms with Crippen LogP contribution in [0, 0.1) is 0 Å². The molecule has 3 nitrogen and oxygen atoms in total. The van der Waals surface area contributed by atoms with Crippen LogP contribution in [0.5, 0.6) is 0 Å². The lowest BCUT2D eigenvalue weighted by Gasteiger charge is -2.29. The molecule has 12 heavy (non-hydrogen) atoms. The van der Waals surface area contributed by atoms with Crippen molar-refractivity contribution in [2.24, 2.45) is 0 Å². The van der Waals surface area contributed by atoms with Crippen LogP contribution in [0.2, 0.25) is 0 Å². The van der Waals surface area contributed by atoms with E-state index in [1.807, 2.05) is 0 Å². The SMILES string of the molecule is CC(=O)CC1(O)CCCCC1=O. The molecule has 1 rings (SSSR count). The van der Waals surface area contributed by atoms with E-state index in [-0.39, 0.29) is 18.0 Å². The fourth-order valence-corrected chi connectivity index (χ4v) is 1.67. The first-order valence-corrected chi connectivity index (χ1v) is 4.30. The van der Waals surface area contributed by atoms with Crippen LogP contribution in [0.4, 0.5) is 0 Å². The lowest BCUT2D eigenvalue weighted by atomic mass is 9.80. The molecule has 0 aromatic heterocycles. The highest BCUT2D eigenvalue weighted by Crippen LogP contribution is 2.27. The highest BCUT2D eigenvalue weighted by atomic mass is 16.3. The minimum Gasteiger partial charge on any atom is -0.382 e. The second kappa shape index (κ2) is 3.35. The van der Waals surface area contributed by atoms with Crippen LogP contribution in [0.1, 0.15) is 39.0 Å². The van der Waals surface area contributed by atoms with Crippen molar-refractivity contribution in [1.82, 2.24) is 0 Å². The van der Waals surface area contributed by atoms with Crippen LogP contribution in [-0.2, 0) is 9.59 Å². The van der Waals surface area contributed by atoms with Crippen molar-refractivity contribution in [3.05, 3.63) is 0 Å². The third kappa shape index (κ3) is 1.91. The summed E-state index contributed by atoms with van der Waals surface area (Å²) < 4.78 is 0. The fourth-order valence-electron chi connectivity index (χ4n) is 1.67. The molecule has 0 heterocycles. The summed E-state index contributed by atoms with van der Waals surface area (Å²) >= 11 is 0. The van der Waals surface area contributed by atoms with Gasteiger partial charge in [-0.2, -0.15) is 0 Å². The lowest BCUT2D eigenvalue weighted by molar-refractivity contribution is -0.145. The number of Topliss-reactive ketones (excluding diaryl/α,β-unsaturated/α-hetero) is 2. The molecule has 0 bridgehead atoms. The predicted octanol–water partition coefficient (Wildman–Crippen LogP) is 0.840. The van der Waals surface area contributed by atoms with Gasteiger partial charge < -0.3 is 5.11 Å². The summed E-state index contributed by atoms with van der Waals surface area (Å²) in [7, 11) is 0. The van der Waals surface area contributed by atoms with Crippen LogP contribution in [0.15, 0.2) is 0 Å². The van der Waals surface area contributed by atoms with E-state index >= 15 is 0 Å². The molecule has 0 aromatic rings. The molecule has 1 aliphatic carbocycles. The Morgan fingerprint density at radius 2 is 2.25 bits per heavy atom. The highest BCUT2D eigenvalue weighted by Gasteiger charge is 2.38. The molecule has 0 spiro atoms. The molecule has 1 unspecified atom stereocenters. The Labute approximate surface area is 71.8 Å². The predicted molar refractivity (Wildman–Crippen MR) is 43.7 cm³/mol. The minimum atomic E-state index is -1.33. The molecule has 0 saturated heterocycles. The van der Waals surface area contributed by atoms with E-state index in [2.05, 4.69) is 0 Å². The first-order chi connectivity index (χ1) is 5.54. The third-order valence-corrected chi connectivity index (χ3v) is 2.30. The average molecular weight is 170 g/mol. The topological polar surface area (TPSA) is 54.4 Å². The Kier molecular flexibility index (Phi) is 2.62. The summed E-state index contributed by atoms with van der Waals surface area (Å²) in [4.78, 5) is 22.0. The number of aliphatic hydroxyl groups is 1. The van der Waals surface area contributed by atoms with E-state index in [0.717, 1.165) is 12.8 Å². The van der Waals surface area contributed by atoms with Gasteiger partial charge in [-0.15, -0.1) is 0 Å². The van der Waals surface area contributed by atoms with Crippen molar-refractivity contribution in [3.8, 4) is 0 Å². The number of carbonyl (C=O) groups excluding carboxylic acids is 2.